The maximum absolute atomic E-state index is 12.0. The van der Waals surface area contributed by atoms with E-state index in [1.165, 1.54) is 0 Å². The van der Waals surface area contributed by atoms with Gasteiger partial charge in [-0.05, 0) is 43.0 Å². The van der Waals surface area contributed by atoms with Crippen LogP contribution < -0.4 is 10.1 Å². The van der Waals surface area contributed by atoms with E-state index in [-0.39, 0.29) is 11.9 Å². The molecule has 3 heteroatoms. The fraction of sp³-hybridized carbons (Fsp3) is 0.533. The predicted octanol–water partition coefficient (Wildman–Crippen LogP) is 3.35. The van der Waals surface area contributed by atoms with Gasteiger partial charge < -0.3 is 10.1 Å². The molecule has 0 spiro atoms. The fourth-order valence-electron chi connectivity index (χ4n) is 1.74. The number of ether oxygens (including phenoxy) is 1. The van der Waals surface area contributed by atoms with E-state index in [1.807, 2.05) is 25.1 Å². The van der Waals surface area contributed by atoms with Crippen LogP contribution in [0.2, 0.25) is 0 Å². The lowest BCUT2D eigenvalue weighted by atomic mass is 9.99. The third kappa shape index (κ3) is 3.49. The van der Waals surface area contributed by atoms with Crippen molar-refractivity contribution < 1.29 is 9.53 Å². The van der Waals surface area contributed by atoms with E-state index in [1.54, 1.807) is 7.11 Å². The van der Waals surface area contributed by atoms with Gasteiger partial charge in [0.15, 0.2) is 0 Å². The zero-order valence-electron chi connectivity index (χ0n) is 11.9. The Kier molecular flexibility index (Phi) is 5.20. The molecular weight excluding hydrogens is 226 g/mol. The average Bonchev–Trinajstić information content (AvgIpc) is 2.37. The van der Waals surface area contributed by atoms with Crippen LogP contribution in [0, 0.1) is 0 Å². The Morgan fingerprint density at radius 3 is 2.50 bits per heavy atom. The van der Waals surface area contributed by atoms with Crippen LogP contribution in [0.25, 0.3) is 0 Å². The largest absolute Gasteiger partial charge is 0.496 e. The first-order chi connectivity index (χ1) is 8.49. The number of carbonyl (C=O) groups excluding carboxylic acids is 1. The van der Waals surface area contributed by atoms with E-state index >= 15 is 0 Å². The van der Waals surface area contributed by atoms with E-state index in [2.05, 4.69) is 26.1 Å². The van der Waals surface area contributed by atoms with Crippen LogP contribution in [-0.4, -0.2) is 19.1 Å². The SMILES string of the molecule is CCC(C)NC(=O)c1ccc(OC)c(C(C)C)c1. The Bertz CT molecular complexity index is 413. The van der Waals surface area contributed by atoms with Gasteiger partial charge in [0.25, 0.3) is 5.91 Å². The molecule has 0 aromatic heterocycles. The summed E-state index contributed by atoms with van der Waals surface area (Å²) >= 11 is 0. The lowest BCUT2D eigenvalue weighted by Gasteiger charge is -2.15. The molecule has 0 aliphatic carbocycles. The summed E-state index contributed by atoms with van der Waals surface area (Å²) < 4.78 is 5.31. The smallest absolute Gasteiger partial charge is 0.251 e. The average molecular weight is 249 g/mol. The van der Waals surface area contributed by atoms with Crippen molar-refractivity contribution in [2.24, 2.45) is 0 Å². The molecule has 18 heavy (non-hydrogen) atoms. The third-order valence-corrected chi connectivity index (χ3v) is 3.10. The van der Waals surface area contributed by atoms with Gasteiger partial charge >= 0.3 is 0 Å². The molecule has 1 atom stereocenters. The van der Waals surface area contributed by atoms with Crippen LogP contribution >= 0.6 is 0 Å². The normalized spacial score (nSPS) is 12.3. The van der Waals surface area contributed by atoms with Crippen molar-refractivity contribution in [1.29, 1.82) is 0 Å². The number of benzene rings is 1. The molecule has 0 aliphatic heterocycles. The van der Waals surface area contributed by atoms with Crippen molar-refractivity contribution in [1.82, 2.24) is 5.32 Å². The quantitative estimate of drug-likeness (QED) is 0.869. The first-order valence-corrected chi connectivity index (χ1v) is 6.48. The Labute approximate surface area is 110 Å². The fourth-order valence-corrected chi connectivity index (χ4v) is 1.74. The molecule has 0 heterocycles. The predicted molar refractivity (Wildman–Crippen MR) is 74.3 cm³/mol. The Balaban J connectivity index is 2.97. The Morgan fingerprint density at radius 1 is 1.33 bits per heavy atom. The van der Waals surface area contributed by atoms with Crippen molar-refractivity contribution in [3.63, 3.8) is 0 Å². The van der Waals surface area contributed by atoms with Crippen molar-refractivity contribution in [2.45, 2.75) is 46.1 Å². The molecule has 1 aromatic carbocycles. The molecule has 100 valence electrons. The van der Waals surface area contributed by atoms with Crippen LogP contribution in [-0.2, 0) is 0 Å². The highest BCUT2D eigenvalue weighted by atomic mass is 16.5. The number of amides is 1. The number of nitrogens with one attached hydrogen (secondary N) is 1. The van der Waals surface area contributed by atoms with E-state index in [9.17, 15) is 4.79 Å². The van der Waals surface area contributed by atoms with E-state index in [0.717, 1.165) is 17.7 Å². The summed E-state index contributed by atoms with van der Waals surface area (Å²) in [5, 5.41) is 2.97. The van der Waals surface area contributed by atoms with Crippen LogP contribution in [0.5, 0.6) is 5.75 Å². The van der Waals surface area contributed by atoms with Gasteiger partial charge in [0.1, 0.15) is 5.75 Å². The maximum Gasteiger partial charge on any atom is 0.251 e. The highest BCUT2D eigenvalue weighted by molar-refractivity contribution is 5.94. The maximum atomic E-state index is 12.0. The van der Waals surface area contributed by atoms with Gasteiger partial charge in [0, 0.05) is 11.6 Å². The van der Waals surface area contributed by atoms with Crippen molar-refractivity contribution in [2.75, 3.05) is 7.11 Å². The first-order valence-electron chi connectivity index (χ1n) is 6.48. The van der Waals surface area contributed by atoms with Crippen LogP contribution in [0.3, 0.4) is 0 Å². The summed E-state index contributed by atoms with van der Waals surface area (Å²) in [7, 11) is 1.65. The van der Waals surface area contributed by atoms with Gasteiger partial charge in [0.05, 0.1) is 7.11 Å². The summed E-state index contributed by atoms with van der Waals surface area (Å²) in [5.41, 5.74) is 1.76. The van der Waals surface area contributed by atoms with E-state index < -0.39 is 0 Å². The third-order valence-electron chi connectivity index (χ3n) is 3.10. The topological polar surface area (TPSA) is 38.3 Å². The summed E-state index contributed by atoms with van der Waals surface area (Å²) in [6.45, 7) is 8.24. The van der Waals surface area contributed by atoms with E-state index in [0.29, 0.717) is 11.5 Å². The lowest BCUT2D eigenvalue weighted by Crippen LogP contribution is -2.31. The molecule has 0 fully saturated rings. The summed E-state index contributed by atoms with van der Waals surface area (Å²) in [6, 6.07) is 5.78. The second kappa shape index (κ2) is 6.43. The zero-order chi connectivity index (χ0) is 13.7. The first kappa shape index (κ1) is 14.6. The molecule has 1 amide bonds. The molecule has 1 N–H and O–H groups in total. The Morgan fingerprint density at radius 2 is 2.00 bits per heavy atom. The second-order valence-corrected chi connectivity index (χ2v) is 4.89. The molecule has 0 saturated heterocycles. The van der Waals surface area contributed by atoms with Gasteiger partial charge in [-0.15, -0.1) is 0 Å². The van der Waals surface area contributed by atoms with Gasteiger partial charge in [-0.2, -0.15) is 0 Å². The molecule has 0 bridgehead atoms. The minimum atomic E-state index is -0.0195. The number of rotatable bonds is 5. The Hall–Kier alpha value is -1.51. The number of methoxy groups -OCH3 is 1. The van der Waals surface area contributed by atoms with Crippen molar-refractivity contribution in [3.05, 3.63) is 29.3 Å². The van der Waals surface area contributed by atoms with Crippen LogP contribution in [0.1, 0.15) is 56.0 Å². The number of hydrogen-bond donors (Lipinski definition) is 1. The second-order valence-electron chi connectivity index (χ2n) is 4.89. The minimum Gasteiger partial charge on any atom is -0.496 e. The molecule has 1 unspecified atom stereocenters. The zero-order valence-corrected chi connectivity index (χ0v) is 11.9. The van der Waals surface area contributed by atoms with Gasteiger partial charge in [-0.25, -0.2) is 0 Å². The van der Waals surface area contributed by atoms with Gasteiger partial charge in [0.2, 0.25) is 0 Å². The van der Waals surface area contributed by atoms with Gasteiger partial charge in [-0.1, -0.05) is 20.8 Å². The number of hydrogen-bond acceptors (Lipinski definition) is 2. The van der Waals surface area contributed by atoms with Crippen LogP contribution in [0.15, 0.2) is 18.2 Å². The number of carbonyl (C=O) groups is 1. The van der Waals surface area contributed by atoms with Crippen molar-refractivity contribution in [3.8, 4) is 5.75 Å². The minimum absolute atomic E-state index is 0.0195. The van der Waals surface area contributed by atoms with Gasteiger partial charge in [-0.3, -0.25) is 4.79 Å². The molecule has 0 aliphatic rings. The summed E-state index contributed by atoms with van der Waals surface area (Å²) in [4.78, 5) is 12.0. The highest BCUT2D eigenvalue weighted by Crippen LogP contribution is 2.27. The molecule has 1 aromatic rings. The molecule has 0 radical (unpaired) electrons. The standard InChI is InChI=1S/C15H23NO2/c1-6-11(4)16-15(17)12-7-8-14(18-5)13(9-12)10(2)3/h7-11H,6H2,1-5H3,(H,16,17). The monoisotopic (exact) mass is 249 g/mol. The molecule has 0 saturated carbocycles. The summed E-state index contributed by atoms with van der Waals surface area (Å²) in [6.07, 6.45) is 0.929. The lowest BCUT2D eigenvalue weighted by molar-refractivity contribution is 0.0939. The molecule has 1 rings (SSSR count). The van der Waals surface area contributed by atoms with Crippen molar-refractivity contribution >= 4 is 5.91 Å². The van der Waals surface area contributed by atoms with E-state index in [4.69, 9.17) is 4.74 Å². The molecule has 3 nitrogen and oxygen atoms in total. The molecular formula is C15H23NO2. The summed E-state index contributed by atoms with van der Waals surface area (Å²) in [5.74, 6) is 1.15. The van der Waals surface area contributed by atoms with Crippen LogP contribution in [0.4, 0.5) is 0 Å². The highest BCUT2D eigenvalue weighted by Gasteiger charge is 2.13.